The van der Waals surface area contributed by atoms with Crippen molar-refractivity contribution in [1.29, 1.82) is 0 Å². The van der Waals surface area contributed by atoms with Gasteiger partial charge in [0.1, 0.15) is 0 Å². The van der Waals surface area contributed by atoms with Gasteiger partial charge in [0.15, 0.2) is 0 Å². The fourth-order valence-corrected chi connectivity index (χ4v) is 1.60. The summed E-state index contributed by atoms with van der Waals surface area (Å²) in [6, 6.07) is 0. The Bertz CT molecular complexity index is 140. The second kappa shape index (κ2) is 9.26. The van der Waals surface area contributed by atoms with Crippen molar-refractivity contribution in [1.82, 2.24) is 5.32 Å². The van der Waals surface area contributed by atoms with Crippen molar-refractivity contribution < 1.29 is 0 Å². The van der Waals surface area contributed by atoms with Gasteiger partial charge in [-0.15, -0.1) is 0 Å². The van der Waals surface area contributed by atoms with Crippen molar-refractivity contribution in [3.8, 4) is 0 Å². The molecule has 0 amide bonds. The predicted molar refractivity (Wildman–Crippen MR) is 65.6 cm³/mol. The number of allylic oxidation sites excluding steroid dienone is 1. The van der Waals surface area contributed by atoms with Gasteiger partial charge in [-0.1, -0.05) is 39.3 Å². The van der Waals surface area contributed by atoms with E-state index in [0.29, 0.717) is 0 Å². The van der Waals surface area contributed by atoms with Crippen LogP contribution in [-0.2, 0) is 0 Å². The van der Waals surface area contributed by atoms with Crippen LogP contribution in [0.15, 0.2) is 12.2 Å². The minimum absolute atomic E-state index is 0.836. The molecule has 0 spiro atoms. The van der Waals surface area contributed by atoms with E-state index in [-0.39, 0.29) is 0 Å². The van der Waals surface area contributed by atoms with Crippen LogP contribution in [0.4, 0.5) is 0 Å². The monoisotopic (exact) mass is 197 g/mol. The Labute approximate surface area is 90.0 Å². The quantitative estimate of drug-likeness (QED) is 0.438. The Morgan fingerprint density at radius 1 is 1.21 bits per heavy atom. The molecule has 0 aromatic heterocycles. The topological polar surface area (TPSA) is 12.0 Å². The summed E-state index contributed by atoms with van der Waals surface area (Å²) in [5, 5.41) is 3.37. The molecule has 0 rings (SSSR count). The zero-order chi connectivity index (χ0) is 10.8. The average Bonchev–Trinajstić information content (AvgIpc) is 2.16. The number of rotatable bonds is 9. The van der Waals surface area contributed by atoms with E-state index in [0.717, 1.165) is 19.0 Å². The van der Waals surface area contributed by atoms with Crippen LogP contribution in [0.1, 0.15) is 52.9 Å². The summed E-state index contributed by atoms with van der Waals surface area (Å²) < 4.78 is 0. The van der Waals surface area contributed by atoms with Crippen LogP contribution in [0.2, 0.25) is 0 Å². The molecule has 1 nitrogen and oxygen atoms in total. The Kier molecular flexibility index (Phi) is 9.06. The second-order valence-electron chi connectivity index (χ2n) is 4.29. The Morgan fingerprint density at radius 3 is 2.50 bits per heavy atom. The van der Waals surface area contributed by atoms with Gasteiger partial charge in [0.25, 0.3) is 0 Å². The molecule has 84 valence electrons. The molecule has 0 radical (unpaired) electrons. The Hall–Kier alpha value is -0.300. The largest absolute Gasteiger partial charge is 0.317 e. The molecule has 0 aliphatic heterocycles. The molecule has 1 atom stereocenters. The molecule has 0 bridgehead atoms. The lowest BCUT2D eigenvalue weighted by Gasteiger charge is -2.12. The van der Waals surface area contributed by atoms with E-state index in [1.165, 1.54) is 37.7 Å². The van der Waals surface area contributed by atoms with Crippen molar-refractivity contribution in [3.05, 3.63) is 12.2 Å². The highest BCUT2D eigenvalue weighted by Crippen LogP contribution is 2.16. The van der Waals surface area contributed by atoms with Gasteiger partial charge in [-0.25, -0.2) is 0 Å². The number of nitrogens with one attached hydrogen (secondary N) is 1. The van der Waals surface area contributed by atoms with Crippen LogP contribution in [0, 0.1) is 5.92 Å². The van der Waals surface area contributed by atoms with Crippen LogP contribution in [0.3, 0.4) is 0 Å². The number of hydrogen-bond donors (Lipinski definition) is 1. The molecule has 0 saturated carbocycles. The Morgan fingerprint density at radius 2 is 1.93 bits per heavy atom. The van der Waals surface area contributed by atoms with Gasteiger partial charge >= 0.3 is 0 Å². The summed E-state index contributed by atoms with van der Waals surface area (Å²) in [7, 11) is 0. The molecule has 0 aromatic carbocycles. The molecule has 0 aliphatic rings. The minimum atomic E-state index is 0.836. The van der Waals surface area contributed by atoms with Crippen LogP contribution in [0.5, 0.6) is 0 Å². The highest BCUT2D eigenvalue weighted by atomic mass is 14.8. The minimum Gasteiger partial charge on any atom is -0.317 e. The smallest absolute Gasteiger partial charge is 0.00465 e. The fraction of sp³-hybridized carbons (Fsp3) is 0.846. The van der Waals surface area contributed by atoms with E-state index in [2.05, 4.69) is 32.7 Å². The summed E-state index contributed by atoms with van der Waals surface area (Å²) in [5.74, 6) is 0.836. The van der Waals surface area contributed by atoms with Gasteiger partial charge in [-0.05, 0) is 44.7 Å². The van der Waals surface area contributed by atoms with Crippen molar-refractivity contribution in [2.24, 2.45) is 5.92 Å². The summed E-state index contributed by atoms with van der Waals surface area (Å²) >= 11 is 0. The maximum absolute atomic E-state index is 4.10. The molecular weight excluding hydrogens is 170 g/mol. The maximum Gasteiger partial charge on any atom is -0.00465 e. The highest BCUT2D eigenvalue weighted by Gasteiger charge is 2.02. The molecule has 14 heavy (non-hydrogen) atoms. The summed E-state index contributed by atoms with van der Waals surface area (Å²) in [6.45, 7) is 13.1. The molecule has 1 heteroatoms. The van der Waals surface area contributed by atoms with Gasteiger partial charge in [0.05, 0.1) is 0 Å². The lowest BCUT2D eigenvalue weighted by Crippen LogP contribution is -2.16. The van der Waals surface area contributed by atoms with Gasteiger partial charge in [-0.3, -0.25) is 0 Å². The molecule has 0 unspecified atom stereocenters. The summed E-state index contributed by atoms with van der Waals surface area (Å²) in [6.07, 6.45) is 6.28. The van der Waals surface area contributed by atoms with Gasteiger partial charge in [-0.2, -0.15) is 0 Å². The normalized spacial score (nSPS) is 12.8. The first-order valence-electron chi connectivity index (χ1n) is 6.08. The van der Waals surface area contributed by atoms with E-state index in [1.807, 2.05) is 0 Å². The first kappa shape index (κ1) is 13.7. The van der Waals surface area contributed by atoms with E-state index < -0.39 is 0 Å². The van der Waals surface area contributed by atoms with Crippen molar-refractivity contribution in [2.75, 3.05) is 13.1 Å². The SMILES string of the molecule is C=C(CCC)CC[C@@H](C)CCNCC. The molecule has 1 N–H and O–H groups in total. The third-order valence-electron chi connectivity index (χ3n) is 2.66. The van der Waals surface area contributed by atoms with Crippen LogP contribution >= 0.6 is 0 Å². The zero-order valence-electron chi connectivity index (χ0n) is 10.2. The van der Waals surface area contributed by atoms with Crippen molar-refractivity contribution in [2.45, 2.75) is 52.9 Å². The third-order valence-corrected chi connectivity index (χ3v) is 2.66. The first-order valence-corrected chi connectivity index (χ1v) is 6.08. The zero-order valence-corrected chi connectivity index (χ0v) is 10.2. The molecule has 0 aliphatic carbocycles. The van der Waals surface area contributed by atoms with Crippen LogP contribution < -0.4 is 5.32 Å². The van der Waals surface area contributed by atoms with Gasteiger partial charge in [0, 0.05) is 0 Å². The van der Waals surface area contributed by atoms with Crippen LogP contribution in [0.25, 0.3) is 0 Å². The molecular formula is C13H27N. The average molecular weight is 197 g/mol. The standard InChI is InChI=1S/C13H27N/c1-5-7-12(3)8-9-13(4)10-11-14-6-2/h13-14H,3,5-11H2,1-2,4H3/t13-/m1/s1. The van der Waals surface area contributed by atoms with Crippen LogP contribution in [-0.4, -0.2) is 13.1 Å². The van der Waals surface area contributed by atoms with E-state index in [9.17, 15) is 0 Å². The molecule has 0 aromatic rings. The summed E-state index contributed by atoms with van der Waals surface area (Å²) in [5.41, 5.74) is 1.43. The van der Waals surface area contributed by atoms with Crippen molar-refractivity contribution >= 4 is 0 Å². The summed E-state index contributed by atoms with van der Waals surface area (Å²) in [4.78, 5) is 0. The lowest BCUT2D eigenvalue weighted by atomic mass is 9.97. The first-order chi connectivity index (χ1) is 6.70. The van der Waals surface area contributed by atoms with E-state index >= 15 is 0 Å². The van der Waals surface area contributed by atoms with Gasteiger partial charge < -0.3 is 5.32 Å². The predicted octanol–water partition coefficient (Wildman–Crippen LogP) is 3.76. The molecule has 0 saturated heterocycles. The fourth-order valence-electron chi connectivity index (χ4n) is 1.60. The number of hydrogen-bond acceptors (Lipinski definition) is 1. The van der Waals surface area contributed by atoms with Crippen molar-refractivity contribution in [3.63, 3.8) is 0 Å². The highest BCUT2D eigenvalue weighted by molar-refractivity contribution is 4.93. The van der Waals surface area contributed by atoms with Gasteiger partial charge in [0.2, 0.25) is 0 Å². The van der Waals surface area contributed by atoms with E-state index in [4.69, 9.17) is 0 Å². The second-order valence-corrected chi connectivity index (χ2v) is 4.29. The third kappa shape index (κ3) is 8.31. The molecule has 0 heterocycles. The van der Waals surface area contributed by atoms with E-state index in [1.54, 1.807) is 0 Å². The lowest BCUT2D eigenvalue weighted by molar-refractivity contribution is 0.471. The molecule has 0 fully saturated rings. The maximum atomic E-state index is 4.10. The Balaban J connectivity index is 3.33.